The van der Waals surface area contributed by atoms with Gasteiger partial charge in [-0.25, -0.2) is 4.79 Å². The van der Waals surface area contributed by atoms with Crippen LogP contribution in [0.4, 0.5) is 0 Å². The first kappa shape index (κ1) is 25.0. The Kier molecular flexibility index (Phi) is 7.63. The van der Waals surface area contributed by atoms with Crippen molar-refractivity contribution in [3.05, 3.63) is 52.4 Å². The fourth-order valence-electron chi connectivity index (χ4n) is 5.61. The van der Waals surface area contributed by atoms with Crippen molar-refractivity contribution < 1.29 is 28.6 Å². The van der Waals surface area contributed by atoms with Crippen molar-refractivity contribution >= 4 is 17.7 Å². The zero-order valence-electron chi connectivity index (χ0n) is 21.0. The van der Waals surface area contributed by atoms with E-state index in [0.29, 0.717) is 35.6 Å². The highest BCUT2D eigenvalue weighted by atomic mass is 16.5. The Morgan fingerprint density at radius 3 is 2.40 bits per heavy atom. The van der Waals surface area contributed by atoms with E-state index >= 15 is 0 Å². The van der Waals surface area contributed by atoms with E-state index in [2.05, 4.69) is 5.32 Å². The molecule has 4 rings (SSSR count). The van der Waals surface area contributed by atoms with Crippen LogP contribution in [-0.2, 0) is 23.9 Å². The molecule has 0 radical (unpaired) electrons. The van der Waals surface area contributed by atoms with Gasteiger partial charge in [0.25, 0.3) is 0 Å². The normalized spacial score (nSPS) is 25.0. The average molecular weight is 482 g/mol. The lowest BCUT2D eigenvalue weighted by molar-refractivity contribution is -0.151. The molecular formula is C28H35NO6. The van der Waals surface area contributed by atoms with Crippen molar-refractivity contribution in [2.45, 2.75) is 71.3 Å². The summed E-state index contributed by atoms with van der Waals surface area (Å²) in [6.45, 7) is 6.18. The van der Waals surface area contributed by atoms with E-state index in [1.54, 1.807) is 0 Å². The largest absolute Gasteiger partial charge is 0.494 e. The maximum Gasteiger partial charge on any atom is 0.337 e. The number of hydrogen-bond donors (Lipinski definition) is 1. The molecule has 0 aromatic heterocycles. The van der Waals surface area contributed by atoms with Gasteiger partial charge in [-0.1, -0.05) is 25.5 Å². The third-order valence-electron chi connectivity index (χ3n) is 7.31. The molecule has 2 aliphatic carbocycles. The molecule has 0 amide bonds. The third-order valence-corrected chi connectivity index (χ3v) is 7.31. The van der Waals surface area contributed by atoms with Crippen molar-refractivity contribution in [1.82, 2.24) is 5.32 Å². The van der Waals surface area contributed by atoms with Gasteiger partial charge in [0.2, 0.25) is 0 Å². The predicted octanol–water partition coefficient (Wildman–Crippen LogP) is 4.57. The van der Waals surface area contributed by atoms with Gasteiger partial charge in [-0.2, -0.15) is 0 Å². The number of hydrogen-bond acceptors (Lipinski definition) is 7. The summed E-state index contributed by atoms with van der Waals surface area (Å²) in [6, 6.07) is 7.44. The summed E-state index contributed by atoms with van der Waals surface area (Å²) in [4.78, 5) is 39.9. The van der Waals surface area contributed by atoms with Gasteiger partial charge in [0.1, 0.15) is 17.8 Å². The van der Waals surface area contributed by atoms with Crippen LogP contribution in [0.2, 0.25) is 0 Å². The average Bonchev–Trinajstić information content (AvgIpc) is 2.84. The van der Waals surface area contributed by atoms with Gasteiger partial charge < -0.3 is 19.5 Å². The maximum absolute atomic E-state index is 13.8. The lowest BCUT2D eigenvalue weighted by Crippen LogP contribution is -2.43. The first-order chi connectivity index (χ1) is 16.8. The Hall–Kier alpha value is -3.09. The lowest BCUT2D eigenvalue weighted by atomic mass is 9.69. The van der Waals surface area contributed by atoms with E-state index in [1.807, 2.05) is 45.0 Å². The van der Waals surface area contributed by atoms with E-state index < -0.39 is 23.8 Å². The second-order valence-corrected chi connectivity index (χ2v) is 9.70. The zero-order chi connectivity index (χ0) is 25.1. The first-order valence-electron chi connectivity index (χ1n) is 12.6. The number of ketones is 1. The summed E-state index contributed by atoms with van der Waals surface area (Å²) in [7, 11) is 1.30. The Morgan fingerprint density at radius 1 is 1.09 bits per heavy atom. The molecular weight excluding hydrogens is 446 g/mol. The molecule has 1 aromatic rings. The van der Waals surface area contributed by atoms with Crippen molar-refractivity contribution in [1.29, 1.82) is 0 Å². The predicted molar refractivity (Wildman–Crippen MR) is 130 cm³/mol. The Labute approximate surface area is 206 Å². The molecule has 1 N–H and O–H groups in total. The summed E-state index contributed by atoms with van der Waals surface area (Å²) in [5.74, 6) is -2.30. The Morgan fingerprint density at radius 2 is 1.77 bits per heavy atom. The molecule has 0 unspecified atom stereocenters. The molecule has 3 atom stereocenters. The number of carbonyl (C=O) groups excluding carboxylic acids is 3. The van der Waals surface area contributed by atoms with Crippen LogP contribution >= 0.6 is 0 Å². The van der Waals surface area contributed by atoms with E-state index in [4.69, 9.17) is 14.2 Å². The molecule has 1 aromatic carbocycles. The summed E-state index contributed by atoms with van der Waals surface area (Å²) in [6.07, 6.45) is 5.35. The number of carbonyl (C=O) groups is 3. The van der Waals surface area contributed by atoms with E-state index in [-0.39, 0.29) is 17.8 Å². The topological polar surface area (TPSA) is 90.9 Å². The van der Waals surface area contributed by atoms with Gasteiger partial charge in [0, 0.05) is 22.9 Å². The standard InChI is InChI=1S/C28H35NO6/c1-5-34-19-13-11-18(12-14-19)24-23(28(32)35-20-9-7-6-8-10-20)17(3)29-21-15-16(2)22(27(31)33-4)26(30)25(21)24/h11-14,16,20,22,24,29H,5-10,15H2,1-4H3/t16-,22+,24-/m0/s1. The summed E-state index contributed by atoms with van der Waals surface area (Å²) in [5, 5.41) is 3.32. The van der Waals surface area contributed by atoms with Gasteiger partial charge >= 0.3 is 11.9 Å². The molecule has 1 heterocycles. The minimum absolute atomic E-state index is 0.113. The van der Waals surface area contributed by atoms with Gasteiger partial charge in [-0.3, -0.25) is 9.59 Å². The number of dihydropyridines is 1. The van der Waals surface area contributed by atoms with Crippen LogP contribution in [0.1, 0.15) is 70.8 Å². The Bertz CT molecular complexity index is 1050. The third kappa shape index (κ3) is 5.00. The SMILES string of the molecule is CCOc1ccc([C@H]2C(C(=O)OC3CCCCC3)=C(C)NC3=C2C(=O)[C@H](C(=O)OC)[C@@H](C)C3)cc1. The fourth-order valence-corrected chi connectivity index (χ4v) is 5.61. The van der Waals surface area contributed by atoms with Crippen LogP contribution in [0.25, 0.3) is 0 Å². The fraction of sp³-hybridized carbons (Fsp3) is 0.536. The number of Topliss-reactive ketones (excluding diaryl/α,β-unsaturated/α-hetero) is 1. The number of nitrogens with one attached hydrogen (secondary N) is 1. The smallest absolute Gasteiger partial charge is 0.337 e. The molecule has 0 saturated heterocycles. The van der Waals surface area contributed by atoms with Crippen molar-refractivity contribution in [3.63, 3.8) is 0 Å². The molecule has 35 heavy (non-hydrogen) atoms. The van der Waals surface area contributed by atoms with Gasteiger partial charge in [-0.05, 0) is 69.6 Å². The first-order valence-corrected chi connectivity index (χ1v) is 12.6. The molecule has 1 saturated carbocycles. The maximum atomic E-state index is 13.8. The summed E-state index contributed by atoms with van der Waals surface area (Å²) < 4.78 is 16.5. The number of allylic oxidation sites excluding steroid dienone is 3. The van der Waals surface area contributed by atoms with Crippen molar-refractivity contribution in [2.24, 2.45) is 11.8 Å². The van der Waals surface area contributed by atoms with Crippen LogP contribution in [0, 0.1) is 11.8 Å². The quantitative estimate of drug-likeness (QED) is 0.470. The Balaban J connectivity index is 1.77. The molecule has 0 bridgehead atoms. The van der Waals surface area contributed by atoms with E-state index in [0.717, 1.165) is 43.4 Å². The van der Waals surface area contributed by atoms with Crippen LogP contribution < -0.4 is 10.1 Å². The second-order valence-electron chi connectivity index (χ2n) is 9.70. The lowest BCUT2D eigenvalue weighted by Gasteiger charge is -2.38. The zero-order valence-corrected chi connectivity index (χ0v) is 21.0. The highest BCUT2D eigenvalue weighted by Crippen LogP contribution is 2.46. The van der Waals surface area contributed by atoms with Gasteiger partial charge in [-0.15, -0.1) is 0 Å². The van der Waals surface area contributed by atoms with Gasteiger partial charge in [0.15, 0.2) is 5.78 Å². The van der Waals surface area contributed by atoms with Crippen LogP contribution in [0.3, 0.4) is 0 Å². The number of benzene rings is 1. The molecule has 7 nitrogen and oxygen atoms in total. The molecule has 7 heteroatoms. The highest BCUT2D eigenvalue weighted by Gasteiger charge is 2.47. The summed E-state index contributed by atoms with van der Waals surface area (Å²) in [5.41, 5.74) is 3.09. The minimum Gasteiger partial charge on any atom is -0.494 e. The molecule has 1 aliphatic heterocycles. The molecule has 3 aliphatic rings. The van der Waals surface area contributed by atoms with Crippen molar-refractivity contribution in [2.75, 3.05) is 13.7 Å². The van der Waals surface area contributed by atoms with Crippen LogP contribution in [0.5, 0.6) is 5.75 Å². The number of esters is 2. The van der Waals surface area contributed by atoms with Crippen LogP contribution in [0.15, 0.2) is 46.8 Å². The number of ether oxygens (including phenoxy) is 3. The van der Waals surface area contributed by atoms with Gasteiger partial charge in [0.05, 0.1) is 19.3 Å². The monoisotopic (exact) mass is 481 g/mol. The molecule has 0 spiro atoms. The summed E-state index contributed by atoms with van der Waals surface area (Å²) >= 11 is 0. The van der Waals surface area contributed by atoms with Crippen LogP contribution in [-0.4, -0.2) is 37.5 Å². The molecule has 1 fully saturated rings. The number of methoxy groups -OCH3 is 1. The minimum atomic E-state index is -0.903. The number of rotatable bonds is 6. The molecule has 188 valence electrons. The second kappa shape index (κ2) is 10.7. The highest BCUT2D eigenvalue weighted by molar-refractivity contribution is 6.12. The van der Waals surface area contributed by atoms with Crippen molar-refractivity contribution in [3.8, 4) is 5.75 Å². The van der Waals surface area contributed by atoms with E-state index in [9.17, 15) is 14.4 Å². The van der Waals surface area contributed by atoms with E-state index in [1.165, 1.54) is 7.11 Å².